The first kappa shape index (κ1) is 10.4. The maximum absolute atomic E-state index is 11.7. The van der Waals surface area contributed by atoms with Gasteiger partial charge in [-0.3, -0.25) is 9.89 Å². The molecule has 0 aliphatic rings. The van der Waals surface area contributed by atoms with Crippen molar-refractivity contribution < 1.29 is 4.79 Å². The molecule has 0 aliphatic carbocycles. The van der Waals surface area contributed by atoms with Crippen LogP contribution in [0.25, 0.3) is 0 Å². The minimum atomic E-state index is -0.199. The number of nitrogens with zero attached hydrogens (tertiary/aromatic N) is 1. The molecule has 0 unspecified atom stereocenters. The lowest BCUT2D eigenvalue weighted by molar-refractivity contribution is 0.102. The van der Waals surface area contributed by atoms with Crippen molar-refractivity contribution in [3.63, 3.8) is 0 Å². The van der Waals surface area contributed by atoms with E-state index in [0.29, 0.717) is 5.69 Å². The molecule has 1 aromatic heterocycles. The Morgan fingerprint density at radius 2 is 2.12 bits per heavy atom. The van der Waals surface area contributed by atoms with E-state index in [1.165, 1.54) is 0 Å². The van der Waals surface area contributed by atoms with Crippen molar-refractivity contribution in [1.82, 2.24) is 10.2 Å². The maximum atomic E-state index is 11.7. The van der Waals surface area contributed by atoms with E-state index in [4.69, 9.17) is 0 Å². The second-order valence-corrected chi connectivity index (χ2v) is 3.76. The number of hydrogen-bond donors (Lipinski definition) is 2. The lowest BCUT2D eigenvalue weighted by Crippen LogP contribution is -2.12. The fourth-order valence-corrected chi connectivity index (χ4v) is 1.45. The van der Waals surface area contributed by atoms with Gasteiger partial charge in [0.25, 0.3) is 5.91 Å². The quantitative estimate of drug-likeness (QED) is 0.807. The Labute approximate surface area is 93.7 Å². The van der Waals surface area contributed by atoms with Gasteiger partial charge in [0.2, 0.25) is 0 Å². The van der Waals surface area contributed by atoms with Gasteiger partial charge in [0.1, 0.15) is 0 Å². The Morgan fingerprint density at radius 3 is 2.75 bits per heavy atom. The number of nitrogens with one attached hydrogen (secondary N) is 2. The molecule has 0 saturated heterocycles. The van der Waals surface area contributed by atoms with E-state index in [2.05, 4.69) is 15.5 Å². The summed E-state index contributed by atoms with van der Waals surface area (Å²) in [5, 5.41) is 9.42. The first-order chi connectivity index (χ1) is 7.65. The van der Waals surface area contributed by atoms with Gasteiger partial charge in [0.15, 0.2) is 5.69 Å². The van der Waals surface area contributed by atoms with Crippen molar-refractivity contribution in [3.05, 3.63) is 47.3 Å². The molecule has 0 bridgehead atoms. The standard InChI is InChI=1S/C12H13N3O/c1-8-4-3-5-10(6-8)13-12(16)11-7-9(2)14-15-11/h3-7H,1-2H3,(H,13,16)(H,14,15). The number of H-pyrrole nitrogens is 1. The van der Waals surface area contributed by atoms with Crippen molar-refractivity contribution in [2.45, 2.75) is 13.8 Å². The molecular formula is C12H13N3O. The van der Waals surface area contributed by atoms with Gasteiger partial charge in [0.05, 0.1) is 0 Å². The van der Waals surface area contributed by atoms with Crippen molar-refractivity contribution in [2.75, 3.05) is 5.32 Å². The summed E-state index contributed by atoms with van der Waals surface area (Å²) in [5.74, 6) is -0.199. The number of aryl methyl sites for hydroxylation is 2. The van der Waals surface area contributed by atoms with Crippen molar-refractivity contribution in [2.24, 2.45) is 0 Å². The van der Waals surface area contributed by atoms with Crippen LogP contribution in [0.3, 0.4) is 0 Å². The lowest BCUT2D eigenvalue weighted by Gasteiger charge is -2.03. The summed E-state index contributed by atoms with van der Waals surface area (Å²) in [6, 6.07) is 9.36. The molecule has 0 atom stereocenters. The third-order valence-electron chi connectivity index (χ3n) is 2.21. The predicted octanol–water partition coefficient (Wildman–Crippen LogP) is 2.28. The largest absolute Gasteiger partial charge is 0.321 e. The Morgan fingerprint density at radius 1 is 1.31 bits per heavy atom. The van der Waals surface area contributed by atoms with Crippen LogP contribution in [0.2, 0.25) is 0 Å². The monoisotopic (exact) mass is 215 g/mol. The summed E-state index contributed by atoms with van der Waals surface area (Å²) in [6.45, 7) is 3.84. The Kier molecular flexibility index (Phi) is 2.72. The Bertz CT molecular complexity index is 516. The lowest BCUT2D eigenvalue weighted by atomic mass is 10.2. The Balaban J connectivity index is 2.13. The normalized spacial score (nSPS) is 10.1. The highest BCUT2D eigenvalue weighted by Crippen LogP contribution is 2.10. The van der Waals surface area contributed by atoms with Crippen LogP contribution in [-0.2, 0) is 0 Å². The highest BCUT2D eigenvalue weighted by molar-refractivity contribution is 6.02. The highest BCUT2D eigenvalue weighted by atomic mass is 16.1. The summed E-state index contributed by atoms with van der Waals surface area (Å²) in [6.07, 6.45) is 0. The van der Waals surface area contributed by atoms with Gasteiger partial charge in [0, 0.05) is 11.4 Å². The molecule has 1 aromatic carbocycles. The number of carbonyl (C=O) groups is 1. The van der Waals surface area contributed by atoms with E-state index in [-0.39, 0.29) is 5.91 Å². The van der Waals surface area contributed by atoms with Crippen molar-refractivity contribution >= 4 is 11.6 Å². The molecule has 0 fully saturated rings. The van der Waals surface area contributed by atoms with Crippen LogP contribution in [0.5, 0.6) is 0 Å². The molecule has 0 spiro atoms. The van der Waals surface area contributed by atoms with Gasteiger partial charge in [-0.15, -0.1) is 0 Å². The highest BCUT2D eigenvalue weighted by Gasteiger charge is 2.08. The second kappa shape index (κ2) is 4.18. The fourth-order valence-electron chi connectivity index (χ4n) is 1.45. The molecule has 1 amide bonds. The van der Waals surface area contributed by atoms with E-state index < -0.39 is 0 Å². The van der Waals surface area contributed by atoms with Gasteiger partial charge in [-0.1, -0.05) is 12.1 Å². The zero-order chi connectivity index (χ0) is 11.5. The zero-order valence-corrected chi connectivity index (χ0v) is 9.24. The zero-order valence-electron chi connectivity index (χ0n) is 9.24. The van der Waals surface area contributed by atoms with Crippen LogP contribution in [0.15, 0.2) is 30.3 Å². The van der Waals surface area contributed by atoms with E-state index in [9.17, 15) is 4.79 Å². The number of hydrogen-bond acceptors (Lipinski definition) is 2. The third kappa shape index (κ3) is 2.28. The van der Waals surface area contributed by atoms with E-state index >= 15 is 0 Å². The molecule has 2 aromatic rings. The average molecular weight is 215 g/mol. The van der Waals surface area contributed by atoms with Crippen LogP contribution in [0, 0.1) is 13.8 Å². The van der Waals surface area contributed by atoms with Gasteiger partial charge >= 0.3 is 0 Å². The summed E-state index contributed by atoms with van der Waals surface area (Å²) in [4.78, 5) is 11.7. The first-order valence-corrected chi connectivity index (χ1v) is 5.05. The topological polar surface area (TPSA) is 57.8 Å². The minimum absolute atomic E-state index is 0.199. The number of carbonyl (C=O) groups excluding carboxylic acids is 1. The maximum Gasteiger partial charge on any atom is 0.276 e. The van der Waals surface area contributed by atoms with Gasteiger partial charge in [-0.05, 0) is 37.6 Å². The summed E-state index contributed by atoms with van der Waals surface area (Å²) < 4.78 is 0. The molecule has 4 heteroatoms. The van der Waals surface area contributed by atoms with E-state index in [1.807, 2.05) is 38.1 Å². The summed E-state index contributed by atoms with van der Waals surface area (Å²) >= 11 is 0. The van der Waals surface area contributed by atoms with Gasteiger partial charge < -0.3 is 5.32 Å². The number of rotatable bonds is 2. The Hall–Kier alpha value is -2.10. The molecular weight excluding hydrogens is 202 g/mol. The van der Waals surface area contributed by atoms with Crippen LogP contribution in [0.4, 0.5) is 5.69 Å². The number of amides is 1. The van der Waals surface area contributed by atoms with Crippen molar-refractivity contribution in [3.8, 4) is 0 Å². The molecule has 16 heavy (non-hydrogen) atoms. The van der Waals surface area contributed by atoms with E-state index in [0.717, 1.165) is 16.9 Å². The number of aromatic amines is 1. The van der Waals surface area contributed by atoms with Crippen molar-refractivity contribution in [1.29, 1.82) is 0 Å². The third-order valence-corrected chi connectivity index (χ3v) is 2.21. The van der Waals surface area contributed by atoms with E-state index in [1.54, 1.807) is 6.07 Å². The predicted molar refractivity (Wildman–Crippen MR) is 62.5 cm³/mol. The molecule has 0 radical (unpaired) electrons. The molecule has 4 nitrogen and oxygen atoms in total. The molecule has 0 aliphatic heterocycles. The second-order valence-electron chi connectivity index (χ2n) is 3.76. The van der Waals surface area contributed by atoms with Crippen LogP contribution in [-0.4, -0.2) is 16.1 Å². The summed E-state index contributed by atoms with van der Waals surface area (Å²) in [5.41, 5.74) is 3.16. The number of anilines is 1. The smallest absolute Gasteiger partial charge is 0.276 e. The van der Waals surface area contributed by atoms with Gasteiger partial charge in [-0.25, -0.2) is 0 Å². The number of benzene rings is 1. The molecule has 0 saturated carbocycles. The summed E-state index contributed by atoms with van der Waals surface area (Å²) in [7, 11) is 0. The molecule has 2 rings (SSSR count). The molecule has 2 N–H and O–H groups in total. The average Bonchev–Trinajstić information content (AvgIpc) is 2.65. The fraction of sp³-hybridized carbons (Fsp3) is 0.167. The van der Waals surface area contributed by atoms with Crippen LogP contribution < -0.4 is 5.32 Å². The SMILES string of the molecule is Cc1cccc(NC(=O)c2cc(C)[nH]n2)c1. The van der Waals surface area contributed by atoms with Gasteiger partial charge in [-0.2, -0.15) is 5.10 Å². The van der Waals surface area contributed by atoms with Crippen LogP contribution >= 0.6 is 0 Å². The minimum Gasteiger partial charge on any atom is -0.321 e. The first-order valence-electron chi connectivity index (χ1n) is 5.05. The molecule has 82 valence electrons. The van der Waals surface area contributed by atoms with Crippen LogP contribution in [0.1, 0.15) is 21.7 Å². The number of aromatic nitrogens is 2. The molecule has 1 heterocycles.